The minimum atomic E-state index is -0.355. The molecule has 3 rings (SSSR count). The van der Waals surface area contributed by atoms with Gasteiger partial charge in [0.2, 0.25) is 5.88 Å². The molecule has 34 heavy (non-hydrogen) atoms. The number of carbonyl (C=O) groups is 2. The van der Waals surface area contributed by atoms with Crippen molar-refractivity contribution in [2.75, 3.05) is 52.8 Å². The number of anilines is 1. The van der Waals surface area contributed by atoms with E-state index in [0.29, 0.717) is 26.1 Å². The Bertz CT molecular complexity index is 836. The highest BCUT2D eigenvalue weighted by Crippen LogP contribution is 2.25. The van der Waals surface area contributed by atoms with E-state index >= 15 is 0 Å². The van der Waals surface area contributed by atoms with Gasteiger partial charge in [-0.3, -0.25) is 9.69 Å². The van der Waals surface area contributed by atoms with Crippen molar-refractivity contribution in [3.8, 4) is 5.88 Å². The molecule has 1 saturated heterocycles. The second-order valence-electron chi connectivity index (χ2n) is 8.66. The summed E-state index contributed by atoms with van der Waals surface area (Å²) < 4.78 is 21.8. The van der Waals surface area contributed by atoms with E-state index in [0.717, 1.165) is 32.2 Å². The highest BCUT2D eigenvalue weighted by atomic mass is 35.5. The van der Waals surface area contributed by atoms with Gasteiger partial charge in [-0.15, -0.1) is 0 Å². The molecule has 1 aromatic rings. The van der Waals surface area contributed by atoms with Crippen LogP contribution in [0.5, 0.6) is 5.88 Å². The molecular weight excluding hydrogens is 464 g/mol. The van der Waals surface area contributed by atoms with E-state index in [1.54, 1.807) is 7.11 Å². The van der Waals surface area contributed by atoms with Gasteiger partial charge in [-0.1, -0.05) is 18.0 Å². The maximum absolute atomic E-state index is 12.9. The minimum absolute atomic E-state index is 0.0310. The summed E-state index contributed by atoms with van der Waals surface area (Å²) in [5.41, 5.74) is 5.92. The summed E-state index contributed by atoms with van der Waals surface area (Å²) in [6.07, 6.45) is 5.87. The Morgan fingerprint density at radius 3 is 2.71 bits per heavy atom. The molecule has 1 aromatic heterocycles. The molecule has 2 atom stereocenters. The zero-order valence-corrected chi connectivity index (χ0v) is 20.6. The summed E-state index contributed by atoms with van der Waals surface area (Å²) >= 11 is 6.04. The number of nitrogen functional groups attached to an aromatic ring is 1. The number of rotatable bonds is 10. The minimum Gasteiger partial charge on any atom is -0.480 e. The van der Waals surface area contributed by atoms with E-state index in [2.05, 4.69) is 15.2 Å². The molecule has 2 heterocycles. The number of hydrogen-bond acceptors (Lipinski definition) is 9. The molecule has 0 radical (unpaired) electrons. The van der Waals surface area contributed by atoms with Crippen molar-refractivity contribution in [3.05, 3.63) is 16.7 Å². The number of ether oxygens (including phenoxy) is 4. The topological polar surface area (TPSA) is 125 Å². The number of pyridine rings is 1. The first kappa shape index (κ1) is 26.5. The summed E-state index contributed by atoms with van der Waals surface area (Å²) in [6, 6.07) is 1.26. The Morgan fingerprint density at radius 1 is 1.24 bits per heavy atom. The van der Waals surface area contributed by atoms with Crippen LogP contribution in [-0.4, -0.2) is 87.1 Å². The fourth-order valence-electron chi connectivity index (χ4n) is 4.39. The third kappa shape index (κ3) is 7.43. The van der Waals surface area contributed by atoms with Crippen molar-refractivity contribution in [2.45, 2.75) is 56.8 Å². The number of carbonyl (C=O) groups excluding carboxylic acids is 2. The van der Waals surface area contributed by atoms with Crippen LogP contribution in [0.2, 0.25) is 5.02 Å². The maximum atomic E-state index is 12.9. The molecule has 0 bridgehead atoms. The summed E-state index contributed by atoms with van der Waals surface area (Å²) in [5, 5.41) is 3.18. The molecule has 3 N–H and O–H groups in total. The molecule has 0 spiro atoms. The van der Waals surface area contributed by atoms with Gasteiger partial charge in [0.15, 0.2) is 0 Å². The van der Waals surface area contributed by atoms with Crippen molar-refractivity contribution in [1.82, 2.24) is 15.2 Å². The molecule has 1 aliphatic heterocycles. The number of amides is 1. The van der Waals surface area contributed by atoms with Crippen molar-refractivity contribution in [3.63, 3.8) is 0 Å². The van der Waals surface area contributed by atoms with Crippen molar-refractivity contribution < 1.29 is 28.5 Å². The van der Waals surface area contributed by atoms with Gasteiger partial charge < -0.3 is 30.0 Å². The van der Waals surface area contributed by atoms with Crippen LogP contribution in [-0.2, 0) is 19.0 Å². The van der Waals surface area contributed by atoms with Gasteiger partial charge in [0.25, 0.3) is 5.91 Å². The van der Waals surface area contributed by atoms with E-state index < -0.39 is 0 Å². The number of nitrogens with zero attached hydrogens (tertiary/aromatic N) is 2. The lowest BCUT2D eigenvalue weighted by Crippen LogP contribution is -2.55. The Hall–Kier alpha value is -2.14. The Kier molecular flexibility index (Phi) is 10.2. The molecular formula is C23H35ClN4O6. The Balaban J connectivity index is 1.42. The molecule has 0 aromatic carbocycles. The molecule has 1 saturated carbocycles. The average Bonchev–Trinajstić information content (AvgIpc) is 2.84. The van der Waals surface area contributed by atoms with Crippen LogP contribution in [0.25, 0.3) is 0 Å². The van der Waals surface area contributed by atoms with Crippen LogP contribution in [0, 0.1) is 0 Å². The number of aromatic nitrogens is 1. The van der Waals surface area contributed by atoms with Crippen LogP contribution in [0.15, 0.2) is 6.07 Å². The van der Waals surface area contributed by atoms with Crippen molar-refractivity contribution >= 4 is 29.3 Å². The summed E-state index contributed by atoms with van der Waals surface area (Å²) in [4.78, 5) is 31.0. The second kappa shape index (κ2) is 13.1. The zero-order valence-electron chi connectivity index (χ0n) is 19.9. The average molecular weight is 499 g/mol. The highest BCUT2D eigenvalue weighted by molar-refractivity contribution is 6.33. The number of halogens is 1. The number of methoxy groups -OCH3 is 2. The van der Waals surface area contributed by atoms with E-state index in [-0.39, 0.29) is 59.0 Å². The molecule has 11 heteroatoms. The van der Waals surface area contributed by atoms with Crippen LogP contribution in [0.1, 0.15) is 48.9 Å². The van der Waals surface area contributed by atoms with E-state index in [4.69, 9.17) is 36.3 Å². The van der Waals surface area contributed by atoms with Crippen molar-refractivity contribution in [1.29, 1.82) is 0 Å². The second-order valence-corrected chi connectivity index (χ2v) is 9.07. The first-order chi connectivity index (χ1) is 16.4. The van der Waals surface area contributed by atoms with Gasteiger partial charge in [-0.25, -0.2) is 4.79 Å². The fraction of sp³-hybridized carbons (Fsp3) is 0.696. The largest absolute Gasteiger partial charge is 0.480 e. The summed E-state index contributed by atoms with van der Waals surface area (Å²) in [7, 11) is 3.04. The first-order valence-electron chi connectivity index (χ1n) is 11.7. The molecule has 2 fully saturated rings. The lowest BCUT2D eigenvalue weighted by Gasteiger charge is -2.38. The zero-order chi connectivity index (χ0) is 24.5. The van der Waals surface area contributed by atoms with Crippen LogP contribution in [0.4, 0.5) is 5.82 Å². The lowest BCUT2D eigenvalue weighted by atomic mass is 9.98. The van der Waals surface area contributed by atoms with Gasteiger partial charge in [-0.05, 0) is 38.2 Å². The molecule has 1 aliphatic carbocycles. The number of hydrogen-bond donors (Lipinski definition) is 2. The smallest absolute Gasteiger partial charge is 0.332 e. The number of nitrogens with two attached hydrogens (primary N) is 1. The van der Waals surface area contributed by atoms with Crippen LogP contribution < -0.4 is 15.8 Å². The Labute approximate surface area is 205 Å². The first-order valence-corrected chi connectivity index (χ1v) is 12.1. The number of likely N-dealkylation sites (tertiary alicyclic amines) is 1. The SMILES string of the molecule is COc1nc(N)c(Cl)cc1C(=O)N[C@@H]1CCN(CCOCC(=O)OC2CCCCC2)C[C@@H]1OC. The Morgan fingerprint density at radius 2 is 2.00 bits per heavy atom. The fourth-order valence-corrected chi connectivity index (χ4v) is 4.54. The van der Waals surface area contributed by atoms with Crippen molar-refractivity contribution in [2.24, 2.45) is 0 Å². The van der Waals surface area contributed by atoms with Crippen LogP contribution >= 0.6 is 11.6 Å². The predicted molar refractivity (Wildman–Crippen MR) is 127 cm³/mol. The number of nitrogens with one attached hydrogen (secondary N) is 1. The van der Waals surface area contributed by atoms with Gasteiger partial charge >= 0.3 is 5.97 Å². The van der Waals surface area contributed by atoms with Crippen LogP contribution in [0.3, 0.4) is 0 Å². The van der Waals surface area contributed by atoms with Gasteiger partial charge in [0, 0.05) is 26.7 Å². The monoisotopic (exact) mass is 498 g/mol. The van der Waals surface area contributed by atoms with E-state index in [1.165, 1.54) is 19.6 Å². The summed E-state index contributed by atoms with van der Waals surface area (Å²) in [6.45, 7) is 2.41. The van der Waals surface area contributed by atoms with E-state index in [1.807, 2.05) is 0 Å². The molecule has 190 valence electrons. The number of piperidine rings is 1. The third-order valence-corrected chi connectivity index (χ3v) is 6.59. The molecule has 1 amide bonds. The van der Waals surface area contributed by atoms with Gasteiger partial charge in [0.1, 0.15) is 24.1 Å². The van der Waals surface area contributed by atoms with Gasteiger partial charge in [-0.2, -0.15) is 4.98 Å². The normalized spacial score (nSPS) is 21.7. The van der Waals surface area contributed by atoms with E-state index in [9.17, 15) is 9.59 Å². The number of esters is 1. The predicted octanol–water partition coefficient (Wildman–Crippen LogP) is 2.04. The summed E-state index contributed by atoms with van der Waals surface area (Å²) in [5.74, 6) is -0.435. The quantitative estimate of drug-likeness (QED) is 0.368. The molecule has 10 nitrogen and oxygen atoms in total. The lowest BCUT2D eigenvalue weighted by molar-refractivity contribution is -0.156. The highest BCUT2D eigenvalue weighted by Gasteiger charge is 2.31. The maximum Gasteiger partial charge on any atom is 0.332 e. The molecule has 0 unspecified atom stereocenters. The third-order valence-electron chi connectivity index (χ3n) is 6.29. The molecule has 2 aliphatic rings. The standard InChI is InChI=1S/C23H35ClN4O6/c1-31-19-13-28(10-11-33-14-20(29)34-15-6-4-3-5-7-15)9-8-18(19)26-22(30)16-12-17(24)21(25)27-23(16)32-2/h12,15,18-19H,3-11,13-14H2,1-2H3,(H2,25,27)(H,26,30)/t18-,19+/m1/s1. The van der Waals surface area contributed by atoms with Gasteiger partial charge in [0.05, 0.1) is 30.9 Å².